The molecule has 26 heavy (non-hydrogen) atoms. The number of methoxy groups -OCH3 is 2. The van der Waals surface area contributed by atoms with Crippen LogP contribution in [0.2, 0.25) is 0 Å². The van der Waals surface area contributed by atoms with E-state index in [1.807, 2.05) is 0 Å². The van der Waals surface area contributed by atoms with Gasteiger partial charge in [-0.1, -0.05) is 29.8 Å². The molecule has 4 nitrogen and oxygen atoms in total. The highest BCUT2D eigenvalue weighted by Gasteiger charge is 2.38. The summed E-state index contributed by atoms with van der Waals surface area (Å²) in [5, 5.41) is 0. The average molecular weight is 352 g/mol. The number of hydrogen-bond donors (Lipinski definition) is 1. The van der Waals surface area contributed by atoms with Crippen LogP contribution in [0.25, 0.3) is 0 Å². The van der Waals surface area contributed by atoms with Gasteiger partial charge in [0.2, 0.25) is 0 Å². The number of hydrogen-bond acceptors (Lipinski definition) is 4. The summed E-state index contributed by atoms with van der Waals surface area (Å²) in [6.45, 7) is 4.24. The van der Waals surface area contributed by atoms with Crippen LogP contribution < -0.4 is 15.2 Å². The lowest BCUT2D eigenvalue weighted by Gasteiger charge is -2.46. The predicted octanol–water partition coefficient (Wildman–Crippen LogP) is 3.43. The van der Waals surface area contributed by atoms with E-state index in [-0.39, 0.29) is 6.04 Å². The topological polar surface area (TPSA) is 47.7 Å². The maximum Gasteiger partial charge on any atom is 0.161 e. The second-order valence-electron chi connectivity index (χ2n) is 7.59. The summed E-state index contributed by atoms with van der Waals surface area (Å²) in [6.07, 6.45) is 2.02. The van der Waals surface area contributed by atoms with Crippen LogP contribution in [-0.4, -0.2) is 38.3 Å². The Hall–Kier alpha value is -2.04. The number of aryl methyl sites for hydroxylation is 1. The van der Waals surface area contributed by atoms with Crippen LogP contribution in [0.5, 0.6) is 11.5 Å². The van der Waals surface area contributed by atoms with Gasteiger partial charge in [-0.25, -0.2) is 0 Å². The minimum Gasteiger partial charge on any atom is -0.493 e. The Labute approximate surface area is 155 Å². The number of fused-ring (bicyclic) bond motifs is 3. The zero-order chi connectivity index (χ0) is 18.3. The summed E-state index contributed by atoms with van der Waals surface area (Å²) < 4.78 is 11.0. The molecular weight excluding hydrogens is 324 g/mol. The fourth-order valence-corrected chi connectivity index (χ4v) is 4.64. The summed E-state index contributed by atoms with van der Waals surface area (Å²) in [6, 6.07) is 13.6. The third-order valence-electron chi connectivity index (χ3n) is 6.03. The molecule has 0 spiro atoms. The second-order valence-corrected chi connectivity index (χ2v) is 7.59. The van der Waals surface area contributed by atoms with E-state index in [1.165, 1.54) is 22.3 Å². The van der Waals surface area contributed by atoms with E-state index in [0.717, 1.165) is 37.4 Å². The fraction of sp³-hybridized carbons (Fsp3) is 0.455. The summed E-state index contributed by atoms with van der Waals surface area (Å²) >= 11 is 0. The molecule has 138 valence electrons. The van der Waals surface area contributed by atoms with Crippen LogP contribution in [0.1, 0.15) is 40.6 Å². The van der Waals surface area contributed by atoms with Gasteiger partial charge in [0.25, 0.3) is 0 Å². The molecule has 0 aromatic heterocycles. The van der Waals surface area contributed by atoms with Gasteiger partial charge in [-0.05, 0) is 48.6 Å². The zero-order valence-electron chi connectivity index (χ0n) is 15.9. The molecule has 0 unspecified atom stereocenters. The van der Waals surface area contributed by atoms with E-state index < -0.39 is 0 Å². The monoisotopic (exact) mass is 352 g/mol. The van der Waals surface area contributed by atoms with Crippen molar-refractivity contribution in [3.63, 3.8) is 0 Å². The number of ether oxygens (including phenoxy) is 2. The van der Waals surface area contributed by atoms with Gasteiger partial charge in [0.05, 0.1) is 14.2 Å². The highest BCUT2D eigenvalue weighted by Crippen LogP contribution is 2.44. The molecule has 3 atom stereocenters. The van der Waals surface area contributed by atoms with Gasteiger partial charge in [0.1, 0.15) is 0 Å². The summed E-state index contributed by atoms with van der Waals surface area (Å²) in [5.41, 5.74) is 12.1. The lowest BCUT2D eigenvalue weighted by Crippen LogP contribution is -2.49. The number of nitrogens with zero attached hydrogens (tertiary/aromatic N) is 1. The fourth-order valence-electron chi connectivity index (χ4n) is 4.64. The van der Waals surface area contributed by atoms with E-state index in [0.29, 0.717) is 12.0 Å². The molecule has 0 aliphatic carbocycles. The van der Waals surface area contributed by atoms with Crippen molar-refractivity contribution in [2.45, 2.75) is 37.8 Å². The van der Waals surface area contributed by atoms with E-state index in [2.05, 4.69) is 48.2 Å². The molecule has 1 fully saturated rings. The van der Waals surface area contributed by atoms with Crippen LogP contribution >= 0.6 is 0 Å². The molecule has 0 amide bonds. The number of piperidine rings is 1. The van der Waals surface area contributed by atoms with E-state index in [9.17, 15) is 0 Å². The maximum absolute atomic E-state index is 6.67. The molecule has 2 aliphatic rings. The highest BCUT2D eigenvalue weighted by molar-refractivity contribution is 5.50. The van der Waals surface area contributed by atoms with Crippen LogP contribution in [0.4, 0.5) is 0 Å². The zero-order valence-corrected chi connectivity index (χ0v) is 15.9. The minimum absolute atomic E-state index is 0.164. The van der Waals surface area contributed by atoms with Crippen molar-refractivity contribution in [2.24, 2.45) is 5.73 Å². The molecule has 2 aromatic rings. The molecule has 2 heterocycles. The normalized spacial score (nSPS) is 25.3. The third kappa shape index (κ3) is 2.97. The molecule has 2 N–H and O–H groups in total. The van der Waals surface area contributed by atoms with Gasteiger partial charge in [0, 0.05) is 31.1 Å². The van der Waals surface area contributed by atoms with Crippen molar-refractivity contribution in [2.75, 3.05) is 27.3 Å². The van der Waals surface area contributed by atoms with Gasteiger partial charge in [-0.3, -0.25) is 4.90 Å². The van der Waals surface area contributed by atoms with Crippen molar-refractivity contribution in [1.29, 1.82) is 0 Å². The van der Waals surface area contributed by atoms with E-state index in [1.54, 1.807) is 14.2 Å². The van der Waals surface area contributed by atoms with Crippen molar-refractivity contribution in [1.82, 2.24) is 4.90 Å². The standard InChI is InChI=1S/C22H28N2O2/c1-14-5-4-6-15(9-14)18-13-24-8-7-16-10-21(25-2)22(26-3)11-17(16)20(24)12-19(18)23/h4-6,9-11,18-20H,7-8,12-13,23H2,1-3H3/t18-,19+,20+/m0/s1. The number of benzene rings is 2. The Balaban J connectivity index is 1.64. The van der Waals surface area contributed by atoms with Crippen LogP contribution in [-0.2, 0) is 6.42 Å². The third-order valence-corrected chi connectivity index (χ3v) is 6.03. The van der Waals surface area contributed by atoms with Gasteiger partial charge in [-0.2, -0.15) is 0 Å². The lowest BCUT2D eigenvalue weighted by molar-refractivity contribution is 0.109. The van der Waals surface area contributed by atoms with Crippen molar-refractivity contribution < 1.29 is 9.47 Å². The minimum atomic E-state index is 0.164. The molecule has 0 bridgehead atoms. The maximum atomic E-state index is 6.67. The van der Waals surface area contributed by atoms with Gasteiger partial charge in [-0.15, -0.1) is 0 Å². The first-order valence-corrected chi connectivity index (χ1v) is 9.41. The Morgan fingerprint density at radius 2 is 1.85 bits per heavy atom. The summed E-state index contributed by atoms with van der Waals surface area (Å²) in [5.74, 6) is 2.02. The van der Waals surface area contributed by atoms with Crippen molar-refractivity contribution in [3.05, 3.63) is 58.7 Å². The van der Waals surface area contributed by atoms with Gasteiger partial charge < -0.3 is 15.2 Å². The molecule has 2 aliphatic heterocycles. The van der Waals surface area contributed by atoms with Crippen molar-refractivity contribution in [3.8, 4) is 11.5 Å². The quantitative estimate of drug-likeness (QED) is 0.919. The van der Waals surface area contributed by atoms with Crippen molar-refractivity contribution >= 4 is 0 Å². The summed E-state index contributed by atoms with van der Waals surface area (Å²) in [7, 11) is 3.40. The van der Waals surface area contributed by atoms with Gasteiger partial charge >= 0.3 is 0 Å². The molecule has 4 rings (SSSR count). The molecule has 4 heteroatoms. The largest absolute Gasteiger partial charge is 0.493 e. The average Bonchev–Trinajstić information content (AvgIpc) is 2.66. The Bertz CT molecular complexity index is 805. The lowest BCUT2D eigenvalue weighted by atomic mass is 9.78. The molecule has 0 saturated carbocycles. The number of rotatable bonds is 3. The molecule has 2 aromatic carbocycles. The van der Waals surface area contributed by atoms with Gasteiger partial charge in [0.15, 0.2) is 11.5 Å². The Kier molecular flexibility index (Phi) is 4.63. The van der Waals surface area contributed by atoms with Crippen LogP contribution in [0.15, 0.2) is 36.4 Å². The first kappa shape index (κ1) is 17.4. The van der Waals surface area contributed by atoms with E-state index >= 15 is 0 Å². The smallest absolute Gasteiger partial charge is 0.161 e. The second kappa shape index (κ2) is 6.93. The van der Waals surface area contributed by atoms with Crippen LogP contribution in [0, 0.1) is 6.92 Å². The Morgan fingerprint density at radius 3 is 2.58 bits per heavy atom. The first-order chi connectivity index (χ1) is 12.6. The first-order valence-electron chi connectivity index (χ1n) is 9.41. The number of nitrogens with two attached hydrogens (primary N) is 1. The molecule has 0 radical (unpaired) electrons. The summed E-state index contributed by atoms with van der Waals surface area (Å²) in [4.78, 5) is 2.60. The molecular formula is C22H28N2O2. The SMILES string of the molecule is COc1cc2c(cc1OC)[C@H]1C[C@@H](N)[C@H](c3cccc(C)c3)CN1CC2. The van der Waals surface area contributed by atoms with Crippen LogP contribution in [0.3, 0.4) is 0 Å². The highest BCUT2D eigenvalue weighted by atomic mass is 16.5. The molecule has 1 saturated heterocycles. The Morgan fingerprint density at radius 1 is 1.08 bits per heavy atom. The predicted molar refractivity (Wildman–Crippen MR) is 104 cm³/mol. The van der Waals surface area contributed by atoms with E-state index in [4.69, 9.17) is 15.2 Å².